The number of hydrogen-bond acceptors (Lipinski definition) is 3. The zero-order valence-electron chi connectivity index (χ0n) is 14.9. The molecule has 2 aromatic rings. The maximum Gasteiger partial charge on any atom is 0.274 e. The van der Waals surface area contributed by atoms with Crippen LogP contribution >= 0.6 is 0 Å². The monoisotopic (exact) mass is 339 g/mol. The largest absolute Gasteiger partial charge is 0.334 e. The van der Waals surface area contributed by atoms with E-state index in [1.807, 2.05) is 11.8 Å². The van der Waals surface area contributed by atoms with Gasteiger partial charge in [-0.05, 0) is 44.2 Å². The molecule has 0 saturated carbocycles. The average molecular weight is 339 g/mol. The van der Waals surface area contributed by atoms with E-state index in [0.717, 1.165) is 32.2 Å². The van der Waals surface area contributed by atoms with Crippen LogP contribution in [0.15, 0.2) is 41.2 Å². The van der Waals surface area contributed by atoms with Crippen molar-refractivity contribution >= 4 is 5.91 Å². The predicted molar refractivity (Wildman–Crippen MR) is 97.7 cm³/mol. The number of hydrogen-bond donors (Lipinski definition) is 0. The van der Waals surface area contributed by atoms with Gasteiger partial charge in [0.05, 0.1) is 0 Å². The number of carbonyl (C=O) groups excluding carboxylic acids is 1. The Bertz CT molecular complexity index is 795. The average Bonchev–Trinajstić information content (AvgIpc) is 3.06. The summed E-state index contributed by atoms with van der Waals surface area (Å²) in [5.41, 5.74) is 2.70. The van der Waals surface area contributed by atoms with Crippen LogP contribution in [0.4, 0.5) is 0 Å². The van der Waals surface area contributed by atoms with Gasteiger partial charge < -0.3 is 4.90 Å². The first-order valence-electron chi connectivity index (χ1n) is 9.03. The smallest absolute Gasteiger partial charge is 0.274 e. The van der Waals surface area contributed by atoms with E-state index in [1.54, 1.807) is 6.07 Å². The molecule has 1 aliphatic rings. The highest BCUT2D eigenvalue weighted by Crippen LogP contribution is 2.23. The predicted octanol–water partition coefficient (Wildman–Crippen LogP) is 2.81. The van der Waals surface area contributed by atoms with E-state index in [-0.39, 0.29) is 17.5 Å². The number of aromatic nitrogens is 2. The molecule has 1 fully saturated rings. The molecule has 5 nitrogen and oxygen atoms in total. The van der Waals surface area contributed by atoms with Gasteiger partial charge in [0.2, 0.25) is 0 Å². The maximum absolute atomic E-state index is 12.9. The molecule has 25 heavy (non-hydrogen) atoms. The summed E-state index contributed by atoms with van der Waals surface area (Å²) in [5, 5.41) is 4.27. The third-order valence-electron chi connectivity index (χ3n) is 4.75. The van der Waals surface area contributed by atoms with Gasteiger partial charge in [0, 0.05) is 25.2 Å². The van der Waals surface area contributed by atoms with Gasteiger partial charge in [0.25, 0.3) is 11.5 Å². The van der Waals surface area contributed by atoms with E-state index in [4.69, 9.17) is 0 Å². The maximum atomic E-state index is 12.9. The molecule has 0 radical (unpaired) electrons. The molecule has 1 aromatic heterocycles. The van der Waals surface area contributed by atoms with Gasteiger partial charge in [-0.3, -0.25) is 9.59 Å². The molecule has 5 heteroatoms. The van der Waals surface area contributed by atoms with Crippen LogP contribution in [0, 0.1) is 6.92 Å². The van der Waals surface area contributed by atoms with Crippen LogP contribution in [-0.2, 0) is 13.0 Å². The highest BCUT2D eigenvalue weighted by atomic mass is 16.2. The summed E-state index contributed by atoms with van der Waals surface area (Å²) in [6.45, 7) is 5.35. The van der Waals surface area contributed by atoms with E-state index in [9.17, 15) is 9.59 Å². The van der Waals surface area contributed by atoms with E-state index in [0.29, 0.717) is 12.2 Å². The molecule has 0 spiro atoms. The fraction of sp³-hybridized carbons (Fsp3) is 0.450. The van der Waals surface area contributed by atoms with Crippen LogP contribution in [-0.4, -0.2) is 33.2 Å². The third kappa shape index (κ3) is 3.98. The standard InChI is InChI=1S/C20H25N3O2/c1-3-12-23-19(24)11-10-18(21-23)20(25)22-13-4-5-17(22)14-16-8-6-15(2)7-9-16/h6-11,17H,3-5,12-14H2,1-2H3/t17-/m1/s1. The van der Waals surface area contributed by atoms with Gasteiger partial charge in [-0.1, -0.05) is 36.8 Å². The summed E-state index contributed by atoms with van der Waals surface area (Å²) in [6, 6.07) is 11.7. The van der Waals surface area contributed by atoms with Gasteiger partial charge in [-0.15, -0.1) is 0 Å². The Labute approximate surface area is 148 Å². The minimum atomic E-state index is -0.156. The molecule has 1 aromatic carbocycles. The van der Waals surface area contributed by atoms with Gasteiger partial charge in [0.1, 0.15) is 5.69 Å². The number of rotatable bonds is 5. The molecule has 0 N–H and O–H groups in total. The molecule has 1 aliphatic heterocycles. The fourth-order valence-electron chi connectivity index (χ4n) is 3.39. The molecule has 3 rings (SSSR count). The minimum Gasteiger partial charge on any atom is -0.334 e. The van der Waals surface area contributed by atoms with Crippen molar-refractivity contribution in [2.24, 2.45) is 0 Å². The van der Waals surface area contributed by atoms with Crippen molar-refractivity contribution in [3.63, 3.8) is 0 Å². The quantitative estimate of drug-likeness (QED) is 0.842. The van der Waals surface area contributed by atoms with E-state index < -0.39 is 0 Å². The Balaban J connectivity index is 1.77. The first kappa shape index (κ1) is 17.4. The van der Waals surface area contributed by atoms with Crippen LogP contribution in [0.2, 0.25) is 0 Å². The zero-order chi connectivity index (χ0) is 17.8. The van der Waals surface area contributed by atoms with Crippen molar-refractivity contribution in [3.05, 3.63) is 63.6 Å². The van der Waals surface area contributed by atoms with Crippen LogP contribution in [0.1, 0.15) is 47.8 Å². The molecule has 1 atom stereocenters. The molecule has 0 bridgehead atoms. The highest BCUT2D eigenvalue weighted by molar-refractivity contribution is 5.92. The summed E-state index contributed by atoms with van der Waals surface area (Å²) < 4.78 is 1.39. The first-order valence-corrected chi connectivity index (χ1v) is 9.03. The van der Waals surface area contributed by atoms with Crippen molar-refractivity contribution in [2.45, 2.75) is 52.1 Å². The summed E-state index contributed by atoms with van der Waals surface area (Å²) in [5.74, 6) is -0.0699. The summed E-state index contributed by atoms with van der Waals surface area (Å²) in [6.07, 6.45) is 3.69. The molecule has 1 saturated heterocycles. The molecular formula is C20H25N3O2. The number of likely N-dealkylation sites (tertiary alicyclic amines) is 1. The van der Waals surface area contributed by atoms with Crippen molar-refractivity contribution in [1.29, 1.82) is 0 Å². The minimum absolute atomic E-state index is 0.0699. The Kier molecular flexibility index (Phi) is 5.31. The first-order chi connectivity index (χ1) is 12.1. The molecular weight excluding hydrogens is 314 g/mol. The zero-order valence-corrected chi connectivity index (χ0v) is 14.9. The lowest BCUT2D eigenvalue weighted by atomic mass is 10.0. The highest BCUT2D eigenvalue weighted by Gasteiger charge is 2.30. The molecule has 132 valence electrons. The van der Waals surface area contributed by atoms with Crippen molar-refractivity contribution < 1.29 is 4.79 Å². The molecule has 0 aliphatic carbocycles. The summed E-state index contributed by atoms with van der Waals surface area (Å²) >= 11 is 0. The van der Waals surface area contributed by atoms with Gasteiger partial charge in [-0.25, -0.2) is 4.68 Å². The van der Waals surface area contributed by atoms with Crippen LogP contribution < -0.4 is 5.56 Å². The Morgan fingerprint density at radius 1 is 1.20 bits per heavy atom. The van der Waals surface area contributed by atoms with Crippen LogP contribution in [0.25, 0.3) is 0 Å². The molecule has 2 heterocycles. The lowest BCUT2D eigenvalue weighted by Gasteiger charge is -2.24. The topological polar surface area (TPSA) is 55.2 Å². The van der Waals surface area contributed by atoms with Crippen molar-refractivity contribution in [1.82, 2.24) is 14.7 Å². The van der Waals surface area contributed by atoms with Crippen molar-refractivity contribution in [3.8, 4) is 0 Å². The van der Waals surface area contributed by atoms with E-state index in [2.05, 4.69) is 36.3 Å². The Morgan fingerprint density at radius 2 is 1.96 bits per heavy atom. The lowest BCUT2D eigenvalue weighted by molar-refractivity contribution is 0.0727. The van der Waals surface area contributed by atoms with Crippen LogP contribution in [0.5, 0.6) is 0 Å². The van der Waals surface area contributed by atoms with Crippen LogP contribution in [0.3, 0.4) is 0 Å². The Hall–Kier alpha value is -2.43. The fourth-order valence-corrected chi connectivity index (χ4v) is 3.39. The Morgan fingerprint density at radius 3 is 2.68 bits per heavy atom. The van der Waals surface area contributed by atoms with E-state index >= 15 is 0 Å². The van der Waals surface area contributed by atoms with Gasteiger partial charge in [0.15, 0.2) is 0 Å². The third-order valence-corrected chi connectivity index (χ3v) is 4.75. The number of amides is 1. The summed E-state index contributed by atoms with van der Waals surface area (Å²) in [4.78, 5) is 26.7. The van der Waals surface area contributed by atoms with E-state index in [1.165, 1.54) is 21.9 Å². The number of aryl methyl sites for hydroxylation is 2. The number of benzene rings is 1. The number of carbonyl (C=O) groups is 1. The second-order valence-electron chi connectivity index (χ2n) is 6.76. The normalized spacial score (nSPS) is 17.0. The SMILES string of the molecule is CCCn1nc(C(=O)N2CCC[C@@H]2Cc2ccc(C)cc2)ccc1=O. The lowest BCUT2D eigenvalue weighted by Crippen LogP contribution is -2.38. The van der Waals surface area contributed by atoms with Gasteiger partial charge >= 0.3 is 0 Å². The summed E-state index contributed by atoms with van der Waals surface area (Å²) in [7, 11) is 0. The van der Waals surface area contributed by atoms with Crippen molar-refractivity contribution in [2.75, 3.05) is 6.54 Å². The molecule has 0 unspecified atom stereocenters. The van der Waals surface area contributed by atoms with Gasteiger partial charge in [-0.2, -0.15) is 5.10 Å². The second kappa shape index (κ2) is 7.64. The number of nitrogens with zero attached hydrogens (tertiary/aromatic N) is 3. The molecule has 1 amide bonds. The second-order valence-corrected chi connectivity index (χ2v) is 6.76.